The minimum absolute atomic E-state index is 0.00118. The van der Waals surface area contributed by atoms with E-state index in [9.17, 15) is 13.2 Å². The lowest BCUT2D eigenvalue weighted by Gasteiger charge is -1.98. The molecule has 0 aliphatic rings. The molecule has 0 aliphatic carbocycles. The van der Waals surface area contributed by atoms with Gasteiger partial charge in [-0.25, -0.2) is 8.37 Å². The fourth-order valence-corrected chi connectivity index (χ4v) is 0.868. The highest BCUT2D eigenvalue weighted by molar-refractivity contribution is 7.81. The third-order valence-electron chi connectivity index (χ3n) is 0.543. The van der Waals surface area contributed by atoms with E-state index in [-0.39, 0.29) is 6.61 Å². The lowest BCUT2D eigenvalue weighted by atomic mass is 10.9. The van der Waals surface area contributed by atoms with Crippen molar-refractivity contribution in [1.29, 1.82) is 0 Å². The van der Waals surface area contributed by atoms with Crippen LogP contribution in [0.5, 0.6) is 0 Å². The first kappa shape index (κ1) is 9.54. The van der Waals surface area contributed by atoms with Crippen LogP contribution in [0.2, 0.25) is 0 Å². The van der Waals surface area contributed by atoms with E-state index in [2.05, 4.69) is 8.37 Å². The second-order valence-electron chi connectivity index (χ2n) is 1.27. The van der Waals surface area contributed by atoms with E-state index in [4.69, 9.17) is 0 Å². The maximum absolute atomic E-state index is 10.4. The van der Waals surface area contributed by atoms with Crippen molar-refractivity contribution in [3.05, 3.63) is 0 Å². The summed E-state index contributed by atoms with van der Waals surface area (Å²) in [7, 11) is -3.93. The highest BCUT2D eigenvalue weighted by Gasteiger charge is 2.08. The summed E-state index contributed by atoms with van der Waals surface area (Å²) in [6.07, 6.45) is 0.330. The van der Waals surface area contributed by atoms with E-state index in [0.29, 0.717) is 6.29 Å². The second-order valence-corrected chi connectivity index (χ2v) is 2.55. The van der Waals surface area contributed by atoms with Gasteiger partial charge in [0, 0.05) is 0 Å². The number of hydrogen-bond acceptors (Lipinski definition) is 5. The van der Waals surface area contributed by atoms with Gasteiger partial charge in [-0.2, -0.15) is 8.42 Å². The van der Waals surface area contributed by atoms with Crippen molar-refractivity contribution in [3.8, 4) is 0 Å². The largest absolute Gasteiger partial charge is 0.400 e. The van der Waals surface area contributed by atoms with Gasteiger partial charge < -0.3 is 4.79 Å². The monoisotopic (exact) mass is 168 g/mol. The quantitative estimate of drug-likeness (QED) is 0.517. The molecule has 0 bridgehead atoms. The molecule has 10 heavy (non-hydrogen) atoms. The maximum Gasteiger partial charge on any atom is 0.400 e. The molecule has 0 aromatic carbocycles. The van der Waals surface area contributed by atoms with Crippen molar-refractivity contribution < 1.29 is 21.6 Å². The van der Waals surface area contributed by atoms with E-state index in [1.165, 1.54) is 6.92 Å². The Morgan fingerprint density at radius 2 is 2.00 bits per heavy atom. The maximum atomic E-state index is 10.4. The summed E-state index contributed by atoms with van der Waals surface area (Å²) in [5, 5.41) is 0. The molecule has 0 fully saturated rings. The molecule has 0 spiro atoms. The average molecular weight is 168 g/mol. The molecule has 0 aliphatic heterocycles. The highest BCUT2D eigenvalue weighted by atomic mass is 32.3. The van der Waals surface area contributed by atoms with Crippen molar-refractivity contribution >= 4 is 16.7 Å². The zero-order chi connectivity index (χ0) is 8.04. The van der Waals surface area contributed by atoms with Gasteiger partial charge in [0.2, 0.25) is 0 Å². The van der Waals surface area contributed by atoms with Crippen molar-refractivity contribution in [2.45, 2.75) is 6.92 Å². The Morgan fingerprint density at radius 3 is 2.40 bits per heavy atom. The number of carbonyl (C=O) groups excluding carboxylic acids is 1. The summed E-state index contributed by atoms with van der Waals surface area (Å²) in [4.78, 5) is 9.61. The predicted molar refractivity (Wildman–Crippen MR) is 32.6 cm³/mol. The fraction of sp³-hybridized carbons (Fsp3) is 0.750. The molecule has 0 saturated heterocycles. The van der Waals surface area contributed by atoms with Crippen LogP contribution in [0.1, 0.15) is 6.92 Å². The van der Waals surface area contributed by atoms with Gasteiger partial charge in [-0.15, -0.1) is 0 Å². The van der Waals surface area contributed by atoms with Gasteiger partial charge >= 0.3 is 10.4 Å². The molecule has 0 atom stereocenters. The summed E-state index contributed by atoms with van der Waals surface area (Å²) < 4.78 is 28.9. The first-order valence-corrected chi connectivity index (χ1v) is 3.93. The van der Waals surface area contributed by atoms with E-state index in [0.717, 1.165) is 0 Å². The van der Waals surface area contributed by atoms with Crippen molar-refractivity contribution in [1.82, 2.24) is 0 Å². The number of carbonyl (C=O) groups is 1. The van der Waals surface area contributed by atoms with Crippen LogP contribution < -0.4 is 0 Å². The van der Waals surface area contributed by atoms with E-state index < -0.39 is 17.0 Å². The predicted octanol–water partition coefficient (Wildman–Crippen LogP) is -0.517. The molecule has 0 heterocycles. The summed E-state index contributed by atoms with van der Waals surface area (Å²) in [5.74, 6) is 0. The lowest BCUT2D eigenvalue weighted by molar-refractivity contribution is -0.109. The van der Waals surface area contributed by atoms with Crippen LogP contribution in [-0.2, 0) is 23.6 Å². The summed E-state index contributed by atoms with van der Waals surface area (Å²) in [6.45, 7) is 1.01. The van der Waals surface area contributed by atoms with E-state index in [1.807, 2.05) is 0 Å². The van der Waals surface area contributed by atoms with Gasteiger partial charge in [0.1, 0.15) is 12.9 Å². The van der Waals surface area contributed by atoms with Crippen molar-refractivity contribution in [2.75, 3.05) is 13.2 Å². The summed E-state index contributed by atoms with van der Waals surface area (Å²) in [6, 6.07) is 0. The number of rotatable bonds is 5. The molecule has 0 radical (unpaired) electrons. The molecule has 0 rings (SSSR count). The molecule has 0 unspecified atom stereocenters. The van der Waals surface area contributed by atoms with Crippen LogP contribution in [0.25, 0.3) is 0 Å². The molecule has 5 nitrogen and oxygen atoms in total. The zero-order valence-electron chi connectivity index (χ0n) is 5.44. The van der Waals surface area contributed by atoms with Crippen LogP contribution >= 0.6 is 0 Å². The number of hydrogen-bond donors (Lipinski definition) is 0. The lowest BCUT2D eigenvalue weighted by Crippen LogP contribution is -2.11. The Morgan fingerprint density at radius 1 is 1.40 bits per heavy atom. The smallest absolute Gasteiger partial charge is 0.301 e. The second kappa shape index (κ2) is 4.37. The number of aldehydes is 1. The van der Waals surface area contributed by atoms with Crippen LogP contribution in [0.15, 0.2) is 0 Å². The fourth-order valence-electron chi connectivity index (χ4n) is 0.289. The van der Waals surface area contributed by atoms with E-state index >= 15 is 0 Å². The minimum Gasteiger partial charge on any atom is -0.301 e. The van der Waals surface area contributed by atoms with Gasteiger partial charge in [0.05, 0.1) is 6.61 Å². The van der Waals surface area contributed by atoms with Gasteiger partial charge in [0.15, 0.2) is 0 Å². The molecule has 0 N–H and O–H groups in total. The van der Waals surface area contributed by atoms with Gasteiger partial charge in [0.25, 0.3) is 0 Å². The normalized spacial score (nSPS) is 11.3. The van der Waals surface area contributed by atoms with Crippen molar-refractivity contribution in [3.63, 3.8) is 0 Å². The van der Waals surface area contributed by atoms with Crippen LogP contribution in [0.3, 0.4) is 0 Å². The van der Waals surface area contributed by atoms with Gasteiger partial charge in [-0.05, 0) is 6.92 Å². The van der Waals surface area contributed by atoms with Crippen molar-refractivity contribution in [2.24, 2.45) is 0 Å². The molecular formula is C4H8O5S. The molecule has 0 aromatic rings. The Labute approximate surface area is 59.3 Å². The Kier molecular flexibility index (Phi) is 4.17. The Bertz CT molecular complexity index is 182. The topological polar surface area (TPSA) is 69.7 Å². The van der Waals surface area contributed by atoms with Gasteiger partial charge in [-0.3, -0.25) is 0 Å². The van der Waals surface area contributed by atoms with Crippen LogP contribution in [0, 0.1) is 0 Å². The third-order valence-corrected chi connectivity index (χ3v) is 1.49. The van der Waals surface area contributed by atoms with Crippen LogP contribution in [-0.4, -0.2) is 27.9 Å². The molecule has 60 valence electrons. The highest BCUT2D eigenvalue weighted by Crippen LogP contribution is 1.92. The minimum atomic E-state index is -3.93. The molecule has 6 heteroatoms. The van der Waals surface area contributed by atoms with Gasteiger partial charge in [-0.1, -0.05) is 0 Å². The molecular weight excluding hydrogens is 160 g/mol. The van der Waals surface area contributed by atoms with E-state index in [1.54, 1.807) is 0 Å². The standard InChI is InChI=1S/C4H8O5S/c1-2-8-10(6,7)9-4-3-5/h3H,2,4H2,1H3. The SMILES string of the molecule is CCOS(=O)(=O)OCC=O. The third kappa shape index (κ3) is 4.42. The average Bonchev–Trinajstić information content (AvgIpc) is 1.84. The summed E-state index contributed by atoms with van der Waals surface area (Å²) >= 11 is 0. The zero-order valence-corrected chi connectivity index (χ0v) is 6.26. The molecule has 0 aromatic heterocycles. The molecule has 0 saturated carbocycles. The first-order chi connectivity index (χ1) is 4.62. The van der Waals surface area contributed by atoms with Crippen LogP contribution in [0.4, 0.5) is 0 Å². The Balaban J connectivity index is 3.76. The molecule has 0 amide bonds. The Hall–Kier alpha value is -0.460. The first-order valence-electron chi connectivity index (χ1n) is 2.60. The summed E-state index contributed by atoms with van der Waals surface area (Å²) in [5.41, 5.74) is 0.